The Hall–Kier alpha value is -2.81. The van der Waals surface area contributed by atoms with Crippen LogP contribution in [0.3, 0.4) is 0 Å². The Kier molecular flexibility index (Phi) is 6.86. The van der Waals surface area contributed by atoms with E-state index in [1.807, 2.05) is 36.4 Å². The molecule has 9 heteroatoms. The quantitative estimate of drug-likeness (QED) is 0.250. The Balaban J connectivity index is 1.40. The van der Waals surface area contributed by atoms with E-state index >= 15 is 0 Å². The van der Waals surface area contributed by atoms with E-state index in [2.05, 4.69) is 16.9 Å². The Morgan fingerprint density at radius 1 is 1.06 bits per heavy atom. The highest BCUT2D eigenvalue weighted by molar-refractivity contribution is 8.13. The predicted molar refractivity (Wildman–Crippen MR) is 142 cm³/mol. The fourth-order valence-corrected chi connectivity index (χ4v) is 6.34. The van der Waals surface area contributed by atoms with Gasteiger partial charge in [-0.15, -0.1) is 0 Å². The minimum absolute atomic E-state index is 0.0255. The van der Waals surface area contributed by atoms with Crippen molar-refractivity contribution >= 4 is 46.5 Å². The van der Waals surface area contributed by atoms with Gasteiger partial charge in [0.2, 0.25) is 0 Å². The first-order valence-electron chi connectivity index (χ1n) is 11.6. The molecule has 4 aromatic rings. The highest BCUT2D eigenvalue weighted by atomic mass is 35.7. The zero-order chi connectivity index (χ0) is 24.4. The number of hydrogen-bond acceptors (Lipinski definition) is 7. The largest absolute Gasteiger partial charge is 0.335 e. The SMILES string of the molecule is C=C(Nc1nc2ccc(-c3ccncc3)nc2s1)C(CC1CCCC1)c1ccc(S(=O)(=O)Cl)cc1. The number of anilines is 1. The van der Waals surface area contributed by atoms with Gasteiger partial charge < -0.3 is 5.32 Å². The Labute approximate surface area is 213 Å². The lowest BCUT2D eigenvalue weighted by atomic mass is 9.86. The van der Waals surface area contributed by atoms with Crippen molar-refractivity contribution < 1.29 is 8.42 Å². The molecule has 1 aromatic carbocycles. The number of thiazole rings is 1. The Morgan fingerprint density at radius 3 is 2.46 bits per heavy atom. The molecule has 5 rings (SSSR count). The summed E-state index contributed by atoms with van der Waals surface area (Å²) in [6.07, 6.45) is 9.39. The van der Waals surface area contributed by atoms with E-state index in [4.69, 9.17) is 20.7 Å². The van der Waals surface area contributed by atoms with Gasteiger partial charge in [0.15, 0.2) is 5.13 Å². The second kappa shape index (κ2) is 10.0. The van der Waals surface area contributed by atoms with Crippen molar-refractivity contribution in [3.05, 3.63) is 78.8 Å². The van der Waals surface area contributed by atoms with Crippen molar-refractivity contribution in [2.75, 3.05) is 5.32 Å². The number of hydrogen-bond donors (Lipinski definition) is 1. The van der Waals surface area contributed by atoms with Gasteiger partial charge in [0.25, 0.3) is 9.05 Å². The first-order chi connectivity index (χ1) is 16.9. The first-order valence-corrected chi connectivity index (χ1v) is 14.7. The van der Waals surface area contributed by atoms with Crippen LogP contribution in [0.1, 0.15) is 43.6 Å². The molecule has 3 heterocycles. The molecule has 180 valence electrons. The van der Waals surface area contributed by atoms with Crippen molar-refractivity contribution in [3.63, 3.8) is 0 Å². The van der Waals surface area contributed by atoms with Crippen LogP contribution in [0.5, 0.6) is 0 Å². The molecule has 1 saturated carbocycles. The summed E-state index contributed by atoms with van der Waals surface area (Å²) in [7, 11) is 1.75. The molecule has 1 atom stereocenters. The maximum atomic E-state index is 11.7. The van der Waals surface area contributed by atoms with Crippen LogP contribution in [0.25, 0.3) is 21.6 Å². The van der Waals surface area contributed by atoms with Crippen molar-refractivity contribution in [3.8, 4) is 11.3 Å². The molecule has 35 heavy (non-hydrogen) atoms. The van der Waals surface area contributed by atoms with Gasteiger partial charge in [-0.3, -0.25) is 4.98 Å². The summed E-state index contributed by atoms with van der Waals surface area (Å²) < 4.78 is 23.4. The third-order valence-corrected chi connectivity index (χ3v) is 8.78. The van der Waals surface area contributed by atoms with Crippen molar-refractivity contribution in [1.29, 1.82) is 0 Å². The lowest BCUT2D eigenvalue weighted by molar-refractivity contribution is 0.471. The molecule has 6 nitrogen and oxygen atoms in total. The molecule has 0 radical (unpaired) electrons. The minimum atomic E-state index is -3.76. The van der Waals surface area contributed by atoms with Crippen molar-refractivity contribution in [2.24, 2.45) is 5.92 Å². The molecule has 0 bridgehead atoms. The van der Waals surface area contributed by atoms with E-state index in [-0.39, 0.29) is 10.8 Å². The standard InChI is InChI=1S/C26H25ClN4O2S2/c1-17(22(16-18-4-2-3-5-18)19-6-8-21(9-7-19)35(27,32)33)29-26-31-24-11-10-23(30-25(24)34-26)20-12-14-28-15-13-20/h6-15,18,22H,1-5,16H2,(H,29,31). The zero-order valence-corrected chi connectivity index (χ0v) is 21.4. The average Bonchev–Trinajstić information content (AvgIpc) is 3.51. The summed E-state index contributed by atoms with van der Waals surface area (Å²) in [6, 6.07) is 14.6. The molecule has 1 aliphatic rings. The lowest BCUT2D eigenvalue weighted by Gasteiger charge is -2.24. The summed E-state index contributed by atoms with van der Waals surface area (Å²) in [5.74, 6) is 0.646. The summed E-state index contributed by atoms with van der Waals surface area (Å²) in [5, 5.41) is 4.16. The molecule has 0 saturated heterocycles. The second-order valence-corrected chi connectivity index (χ2v) is 12.4. The molecule has 3 aromatic heterocycles. The van der Waals surface area contributed by atoms with Gasteiger partial charge in [0, 0.05) is 40.3 Å². The van der Waals surface area contributed by atoms with E-state index < -0.39 is 9.05 Å². The molecule has 0 spiro atoms. The van der Waals surface area contributed by atoms with E-state index in [9.17, 15) is 8.42 Å². The minimum Gasteiger partial charge on any atom is -0.335 e. The van der Waals surface area contributed by atoms with Crippen LogP contribution in [-0.4, -0.2) is 23.4 Å². The Morgan fingerprint density at radius 2 is 1.77 bits per heavy atom. The number of halogens is 1. The highest BCUT2D eigenvalue weighted by Crippen LogP contribution is 2.39. The van der Waals surface area contributed by atoms with Crippen LogP contribution in [0, 0.1) is 5.92 Å². The third kappa shape index (κ3) is 5.55. The highest BCUT2D eigenvalue weighted by Gasteiger charge is 2.25. The summed E-state index contributed by atoms with van der Waals surface area (Å²) in [5.41, 5.74) is 4.56. The maximum Gasteiger partial charge on any atom is 0.261 e. The molecule has 1 N–H and O–H groups in total. The van der Waals surface area contributed by atoms with Crippen LogP contribution < -0.4 is 5.32 Å². The lowest BCUT2D eigenvalue weighted by Crippen LogP contribution is -2.13. The molecule has 1 aliphatic carbocycles. The number of rotatable bonds is 8. The monoisotopic (exact) mass is 524 g/mol. The summed E-state index contributed by atoms with van der Waals surface area (Å²) in [6.45, 7) is 4.36. The number of nitrogens with zero attached hydrogens (tertiary/aromatic N) is 3. The van der Waals surface area contributed by atoms with Gasteiger partial charge in [0.1, 0.15) is 10.3 Å². The smallest absolute Gasteiger partial charge is 0.261 e. The molecule has 0 aliphatic heterocycles. The number of pyridine rings is 2. The predicted octanol–water partition coefficient (Wildman–Crippen LogP) is 6.97. The fraction of sp³-hybridized carbons (Fsp3) is 0.269. The van der Waals surface area contributed by atoms with Gasteiger partial charge in [-0.1, -0.05) is 55.7 Å². The maximum absolute atomic E-state index is 11.7. The molecule has 0 amide bonds. The molecule has 1 unspecified atom stereocenters. The second-order valence-electron chi connectivity index (χ2n) is 8.87. The van der Waals surface area contributed by atoms with Crippen molar-refractivity contribution in [1.82, 2.24) is 15.0 Å². The number of fused-ring (bicyclic) bond motifs is 1. The number of nitrogens with one attached hydrogen (secondary N) is 1. The van der Waals surface area contributed by atoms with Crippen LogP contribution in [0.15, 0.2) is 78.1 Å². The molecular formula is C26H25ClN4O2S2. The third-order valence-electron chi connectivity index (χ3n) is 6.53. The van der Waals surface area contributed by atoms with Crippen LogP contribution >= 0.6 is 22.0 Å². The number of aromatic nitrogens is 3. The van der Waals surface area contributed by atoms with Gasteiger partial charge in [-0.25, -0.2) is 18.4 Å². The van der Waals surface area contributed by atoms with Crippen LogP contribution in [-0.2, 0) is 9.05 Å². The molecular weight excluding hydrogens is 500 g/mol. The van der Waals surface area contributed by atoms with E-state index in [0.29, 0.717) is 5.92 Å². The average molecular weight is 525 g/mol. The normalized spacial score (nSPS) is 15.3. The van der Waals surface area contributed by atoms with Gasteiger partial charge >= 0.3 is 0 Å². The first kappa shape index (κ1) is 23.9. The van der Waals surface area contributed by atoms with Crippen LogP contribution in [0.4, 0.5) is 5.13 Å². The van der Waals surface area contributed by atoms with Gasteiger partial charge in [-0.2, -0.15) is 0 Å². The van der Waals surface area contributed by atoms with Crippen molar-refractivity contribution in [2.45, 2.75) is 42.9 Å². The van der Waals surface area contributed by atoms with E-state index in [0.717, 1.165) is 44.4 Å². The van der Waals surface area contributed by atoms with Crippen LogP contribution in [0.2, 0.25) is 0 Å². The fourth-order valence-electron chi connectivity index (χ4n) is 4.70. The topological polar surface area (TPSA) is 84.8 Å². The number of allylic oxidation sites excluding steroid dienone is 1. The van der Waals surface area contributed by atoms with Gasteiger partial charge in [0.05, 0.1) is 10.6 Å². The number of benzene rings is 1. The molecule has 1 fully saturated rings. The van der Waals surface area contributed by atoms with Gasteiger partial charge in [-0.05, 0) is 54.3 Å². The summed E-state index contributed by atoms with van der Waals surface area (Å²) >= 11 is 1.49. The van der Waals surface area contributed by atoms with E-state index in [1.165, 1.54) is 37.0 Å². The summed E-state index contributed by atoms with van der Waals surface area (Å²) in [4.78, 5) is 14.5. The zero-order valence-electron chi connectivity index (χ0n) is 19.0. The Bertz CT molecular complexity index is 1450. The van der Waals surface area contributed by atoms with E-state index in [1.54, 1.807) is 24.5 Å².